The first kappa shape index (κ1) is 16.7. The second kappa shape index (κ2) is 7.23. The Morgan fingerprint density at radius 3 is 3.08 bits per heavy atom. The van der Waals surface area contributed by atoms with Crippen molar-refractivity contribution in [2.24, 2.45) is 7.05 Å². The van der Waals surface area contributed by atoms with E-state index in [9.17, 15) is 0 Å². The summed E-state index contributed by atoms with van der Waals surface area (Å²) < 4.78 is 1.98. The minimum Gasteiger partial charge on any atom is -0.340 e. The molecule has 1 unspecified atom stereocenters. The number of imidazole rings is 1. The summed E-state index contributed by atoms with van der Waals surface area (Å²) in [5, 5.41) is 12.8. The fourth-order valence-corrected chi connectivity index (χ4v) is 3.93. The van der Waals surface area contributed by atoms with Gasteiger partial charge in [-0.1, -0.05) is 17.4 Å². The molecule has 0 aromatic carbocycles. The van der Waals surface area contributed by atoms with Crippen molar-refractivity contribution < 1.29 is 0 Å². The molecular weight excluding hydrogens is 346 g/mol. The first-order chi connectivity index (χ1) is 12.7. The molecule has 7 nitrogen and oxygen atoms in total. The van der Waals surface area contributed by atoms with Crippen LogP contribution >= 0.6 is 11.3 Å². The molecule has 0 amide bonds. The first-order valence-corrected chi connectivity index (χ1v) is 9.34. The van der Waals surface area contributed by atoms with Crippen LogP contribution in [0.1, 0.15) is 35.1 Å². The number of likely N-dealkylation sites (tertiary alicyclic amines) is 1. The number of anilines is 2. The van der Waals surface area contributed by atoms with E-state index in [-0.39, 0.29) is 0 Å². The standard InChI is InChI=1S/C18H19N7S/c1-24-10-13(21-12-24)11-25-7-3-5-16(25)15-4-2-6-17(22-15)23-18-20-9-14(8-19)26-18/h2,4,6,9-10,12,16H,3,5,7,11H2,1H3,(H,20,22,23). The van der Waals surface area contributed by atoms with Crippen LogP contribution < -0.4 is 5.32 Å². The zero-order valence-electron chi connectivity index (χ0n) is 14.5. The summed E-state index contributed by atoms with van der Waals surface area (Å²) in [5.74, 6) is 0.756. The van der Waals surface area contributed by atoms with Crippen LogP contribution in [0.15, 0.2) is 36.9 Å². The molecule has 26 heavy (non-hydrogen) atoms. The van der Waals surface area contributed by atoms with Gasteiger partial charge in [0.1, 0.15) is 16.8 Å². The van der Waals surface area contributed by atoms with Crippen molar-refractivity contribution in [2.75, 3.05) is 11.9 Å². The Labute approximate surface area is 156 Å². The topological polar surface area (TPSA) is 82.7 Å². The van der Waals surface area contributed by atoms with E-state index in [2.05, 4.69) is 38.5 Å². The Balaban J connectivity index is 1.50. The van der Waals surface area contributed by atoms with E-state index in [1.54, 1.807) is 6.20 Å². The lowest BCUT2D eigenvalue weighted by molar-refractivity contribution is 0.242. The van der Waals surface area contributed by atoms with Gasteiger partial charge in [-0.05, 0) is 31.5 Å². The molecule has 0 bridgehead atoms. The highest BCUT2D eigenvalue weighted by Crippen LogP contribution is 2.32. The molecule has 3 aromatic rings. The number of pyridine rings is 1. The average molecular weight is 365 g/mol. The summed E-state index contributed by atoms with van der Waals surface area (Å²) in [5.41, 5.74) is 2.14. The Kier molecular flexibility index (Phi) is 4.65. The zero-order chi connectivity index (χ0) is 17.9. The molecule has 8 heteroatoms. The van der Waals surface area contributed by atoms with Gasteiger partial charge in [-0.3, -0.25) is 4.90 Å². The number of nitriles is 1. The van der Waals surface area contributed by atoms with Crippen molar-refractivity contribution in [3.05, 3.63) is 53.2 Å². The molecule has 1 saturated heterocycles. The second-order valence-corrected chi connectivity index (χ2v) is 7.40. The van der Waals surface area contributed by atoms with Crippen molar-refractivity contribution in [1.82, 2.24) is 24.4 Å². The molecule has 1 N–H and O–H groups in total. The lowest BCUT2D eigenvalue weighted by atomic mass is 10.1. The van der Waals surface area contributed by atoms with Gasteiger partial charge < -0.3 is 9.88 Å². The largest absolute Gasteiger partial charge is 0.340 e. The number of hydrogen-bond acceptors (Lipinski definition) is 7. The Morgan fingerprint density at radius 1 is 1.38 bits per heavy atom. The van der Waals surface area contributed by atoms with Crippen molar-refractivity contribution >= 4 is 22.3 Å². The molecule has 0 aliphatic carbocycles. The van der Waals surface area contributed by atoms with Crippen LogP contribution in [0, 0.1) is 11.3 Å². The van der Waals surface area contributed by atoms with E-state index in [0.717, 1.165) is 43.1 Å². The molecule has 4 heterocycles. The van der Waals surface area contributed by atoms with Crippen LogP contribution in [0.25, 0.3) is 0 Å². The van der Waals surface area contributed by atoms with Crippen molar-refractivity contribution in [3.63, 3.8) is 0 Å². The van der Waals surface area contributed by atoms with Crippen LogP contribution in [0.4, 0.5) is 10.9 Å². The molecular formula is C18H19N7S. The highest BCUT2D eigenvalue weighted by atomic mass is 32.1. The summed E-state index contributed by atoms with van der Waals surface area (Å²) in [4.78, 5) is 16.5. The van der Waals surface area contributed by atoms with Gasteiger partial charge in [-0.25, -0.2) is 15.0 Å². The summed E-state index contributed by atoms with van der Waals surface area (Å²) in [7, 11) is 1.99. The first-order valence-electron chi connectivity index (χ1n) is 8.52. The smallest absolute Gasteiger partial charge is 0.189 e. The van der Waals surface area contributed by atoms with Crippen LogP contribution in [-0.4, -0.2) is 31.0 Å². The SMILES string of the molecule is Cn1cnc(CN2CCCC2c2cccc(Nc3ncc(C#N)s3)n2)c1. The lowest BCUT2D eigenvalue weighted by Crippen LogP contribution is -2.23. The quantitative estimate of drug-likeness (QED) is 0.747. The molecule has 0 spiro atoms. The Morgan fingerprint density at radius 2 is 2.31 bits per heavy atom. The third kappa shape index (κ3) is 3.59. The van der Waals surface area contributed by atoms with Crippen LogP contribution in [0.5, 0.6) is 0 Å². The maximum atomic E-state index is 8.92. The number of aromatic nitrogens is 4. The minimum absolute atomic E-state index is 0.296. The van der Waals surface area contributed by atoms with E-state index in [1.807, 2.05) is 30.1 Å². The highest BCUT2D eigenvalue weighted by Gasteiger charge is 2.27. The summed E-state index contributed by atoms with van der Waals surface area (Å²) in [6.07, 6.45) is 7.74. The monoisotopic (exact) mass is 365 g/mol. The zero-order valence-corrected chi connectivity index (χ0v) is 15.3. The average Bonchev–Trinajstić information content (AvgIpc) is 3.37. The molecule has 1 atom stereocenters. The number of nitrogens with zero attached hydrogens (tertiary/aromatic N) is 6. The van der Waals surface area contributed by atoms with Gasteiger partial charge in [-0.15, -0.1) is 0 Å². The molecule has 132 valence electrons. The number of hydrogen-bond donors (Lipinski definition) is 1. The van der Waals surface area contributed by atoms with Gasteiger partial charge in [0, 0.05) is 19.8 Å². The fraction of sp³-hybridized carbons (Fsp3) is 0.333. The van der Waals surface area contributed by atoms with Gasteiger partial charge in [0.2, 0.25) is 0 Å². The third-order valence-corrected chi connectivity index (χ3v) is 5.27. The third-order valence-electron chi connectivity index (χ3n) is 4.45. The van der Waals surface area contributed by atoms with Crippen molar-refractivity contribution in [2.45, 2.75) is 25.4 Å². The van der Waals surface area contributed by atoms with Gasteiger partial charge in [-0.2, -0.15) is 5.26 Å². The predicted octanol–water partition coefficient (Wildman–Crippen LogP) is 3.22. The number of aryl methyl sites for hydroxylation is 1. The molecule has 0 radical (unpaired) electrons. The van der Waals surface area contributed by atoms with Crippen LogP contribution in [0.2, 0.25) is 0 Å². The van der Waals surface area contributed by atoms with Gasteiger partial charge >= 0.3 is 0 Å². The molecule has 0 saturated carbocycles. The van der Waals surface area contributed by atoms with E-state index in [1.165, 1.54) is 11.3 Å². The maximum absolute atomic E-state index is 8.92. The molecule has 1 aliphatic rings. The summed E-state index contributed by atoms with van der Waals surface area (Å²) >= 11 is 1.33. The second-order valence-electron chi connectivity index (χ2n) is 6.37. The van der Waals surface area contributed by atoms with E-state index >= 15 is 0 Å². The van der Waals surface area contributed by atoms with Crippen LogP contribution in [-0.2, 0) is 13.6 Å². The molecule has 1 aliphatic heterocycles. The Hall–Kier alpha value is -2.76. The van der Waals surface area contributed by atoms with E-state index in [0.29, 0.717) is 16.1 Å². The van der Waals surface area contributed by atoms with Gasteiger partial charge in [0.15, 0.2) is 5.13 Å². The number of rotatable bonds is 5. The van der Waals surface area contributed by atoms with Gasteiger partial charge in [0.05, 0.1) is 30.0 Å². The fourth-order valence-electron chi connectivity index (χ4n) is 3.31. The molecule has 4 rings (SSSR count). The van der Waals surface area contributed by atoms with Gasteiger partial charge in [0.25, 0.3) is 0 Å². The number of thiazole rings is 1. The summed E-state index contributed by atoms with van der Waals surface area (Å²) in [6.45, 7) is 1.89. The minimum atomic E-state index is 0.296. The van der Waals surface area contributed by atoms with E-state index in [4.69, 9.17) is 10.2 Å². The van der Waals surface area contributed by atoms with Crippen molar-refractivity contribution in [1.29, 1.82) is 5.26 Å². The van der Waals surface area contributed by atoms with E-state index < -0.39 is 0 Å². The Bertz CT molecular complexity index is 939. The van der Waals surface area contributed by atoms with Crippen molar-refractivity contribution in [3.8, 4) is 6.07 Å². The highest BCUT2D eigenvalue weighted by molar-refractivity contribution is 7.16. The predicted molar refractivity (Wildman–Crippen MR) is 99.9 cm³/mol. The normalized spacial score (nSPS) is 17.3. The molecule has 1 fully saturated rings. The maximum Gasteiger partial charge on any atom is 0.189 e. The lowest BCUT2D eigenvalue weighted by Gasteiger charge is -2.23. The van der Waals surface area contributed by atoms with Crippen LogP contribution in [0.3, 0.4) is 0 Å². The summed E-state index contributed by atoms with van der Waals surface area (Å²) in [6, 6.07) is 8.42. The number of nitrogens with one attached hydrogen (secondary N) is 1. The molecule has 3 aromatic heterocycles.